The standard InChI is InChI=1S/C27H28FN3O4S/c28-25-20-30(26(32)29-23-11-7-10-22(19-23)18-21-8-3-1-4-9-21)15-14-27(25)31(16-17-35-27)36(33,34)24-12-5-2-6-13-24/h1-13,19,25H,14-18,20H2,(H,29,32). The van der Waals surface area contributed by atoms with Gasteiger partial charge in [-0.05, 0) is 41.8 Å². The third-order valence-electron chi connectivity index (χ3n) is 6.73. The van der Waals surface area contributed by atoms with Crippen LogP contribution in [0.2, 0.25) is 0 Å². The molecule has 0 aromatic heterocycles. The van der Waals surface area contributed by atoms with Crippen LogP contribution in [0, 0.1) is 0 Å². The van der Waals surface area contributed by atoms with Gasteiger partial charge < -0.3 is 15.0 Å². The zero-order chi connectivity index (χ0) is 25.2. The maximum absolute atomic E-state index is 15.6. The van der Waals surface area contributed by atoms with Gasteiger partial charge >= 0.3 is 6.03 Å². The summed E-state index contributed by atoms with van der Waals surface area (Å²) in [7, 11) is -3.95. The Morgan fingerprint density at radius 1 is 0.972 bits per heavy atom. The number of sulfonamides is 1. The van der Waals surface area contributed by atoms with E-state index in [-0.39, 0.29) is 37.6 Å². The van der Waals surface area contributed by atoms with Crippen LogP contribution in [0.1, 0.15) is 17.5 Å². The van der Waals surface area contributed by atoms with E-state index in [9.17, 15) is 13.2 Å². The van der Waals surface area contributed by atoms with Crippen molar-refractivity contribution in [3.8, 4) is 0 Å². The molecule has 3 aromatic carbocycles. The smallest absolute Gasteiger partial charge is 0.321 e. The average molecular weight is 510 g/mol. The molecule has 188 valence electrons. The van der Waals surface area contributed by atoms with Crippen molar-refractivity contribution in [2.75, 3.05) is 31.6 Å². The van der Waals surface area contributed by atoms with Crippen LogP contribution in [0.3, 0.4) is 0 Å². The topological polar surface area (TPSA) is 79.0 Å². The van der Waals surface area contributed by atoms with E-state index < -0.39 is 28.0 Å². The first-order valence-corrected chi connectivity index (χ1v) is 13.4. The van der Waals surface area contributed by atoms with Crippen molar-refractivity contribution in [1.29, 1.82) is 0 Å². The molecule has 0 radical (unpaired) electrons. The summed E-state index contributed by atoms with van der Waals surface area (Å²) < 4.78 is 49.0. The van der Waals surface area contributed by atoms with E-state index in [2.05, 4.69) is 5.32 Å². The Morgan fingerprint density at radius 3 is 2.39 bits per heavy atom. The molecule has 1 spiro atoms. The lowest BCUT2D eigenvalue weighted by Gasteiger charge is -2.44. The minimum atomic E-state index is -3.95. The zero-order valence-corrected chi connectivity index (χ0v) is 20.5. The maximum atomic E-state index is 15.6. The summed E-state index contributed by atoms with van der Waals surface area (Å²) in [5, 5.41) is 2.85. The molecule has 2 saturated heterocycles. The number of piperidine rings is 1. The van der Waals surface area contributed by atoms with E-state index in [4.69, 9.17) is 4.74 Å². The van der Waals surface area contributed by atoms with E-state index in [1.807, 2.05) is 48.5 Å². The molecule has 9 heteroatoms. The number of alkyl halides is 1. The molecule has 5 rings (SSSR count). The number of nitrogens with one attached hydrogen (secondary N) is 1. The molecule has 7 nitrogen and oxygen atoms in total. The third kappa shape index (κ3) is 4.74. The van der Waals surface area contributed by atoms with E-state index in [1.54, 1.807) is 24.3 Å². The highest BCUT2D eigenvalue weighted by atomic mass is 32.2. The number of rotatable bonds is 5. The fourth-order valence-electron chi connectivity index (χ4n) is 4.91. The van der Waals surface area contributed by atoms with E-state index in [0.29, 0.717) is 5.69 Å². The van der Waals surface area contributed by atoms with Gasteiger partial charge in [0.1, 0.15) is 0 Å². The van der Waals surface area contributed by atoms with E-state index in [1.165, 1.54) is 17.0 Å². The molecule has 36 heavy (non-hydrogen) atoms. The Morgan fingerprint density at radius 2 is 1.67 bits per heavy atom. The summed E-state index contributed by atoms with van der Waals surface area (Å²) in [6.45, 7) is 0.0675. The second-order valence-electron chi connectivity index (χ2n) is 9.04. The first-order valence-electron chi connectivity index (χ1n) is 11.9. The van der Waals surface area contributed by atoms with Gasteiger partial charge in [-0.25, -0.2) is 17.6 Å². The lowest BCUT2D eigenvalue weighted by atomic mass is 9.99. The minimum absolute atomic E-state index is 0.0434. The molecule has 2 aliphatic heterocycles. The second kappa shape index (κ2) is 10.0. The summed E-state index contributed by atoms with van der Waals surface area (Å²) in [5.41, 5.74) is 1.21. The highest BCUT2D eigenvalue weighted by Gasteiger charge is 2.57. The summed E-state index contributed by atoms with van der Waals surface area (Å²) in [6, 6.07) is 25.1. The highest BCUT2D eigenvalue weighted by molar-refractivity contribution is 7.89. The number of urea groups is 1. The number of ether oxygens (including phenoxy) is 1. The monoisotopic (exact) mass is 509 g/mol. The summed E-state index contributed by atoms with van der Waals surface area (Å²) >= 11 is 0. The quantitative estimate of drug-likeness (QED) is 0.557. The van der Waals surface area contributed by atoms with Gasteiger partial charge in [0.25, 0.3) is 0 Å². The SMILES string of the molecule is O=C(Nc1cccc(Cc2ccccc2)c1)N1CCC2(OCCN2S(=O)(=O)c2ccccc2)C(F)C1. The van der Waals surface area contributed by atoms with Crippen LogP contribution in [0.15, 0.2) is 89.8 Å². The number of likely N-dealkylation sites (tertiary alicyclic amines) is 1. The Labute approximate surface area is 210 Å². The molecule has 3 aromatic rings. The fraction of sp³-hybridized carbons (Fsp3) is 0.296. The lowest BCUT2D eigenvalue weighted by molar-refractivity contribution is -0.134. The number of hydrogen-bond acceptors (Lipinski definition) is 4. The number of carbonyl (C=O) groups excluding carboxylic acids is 1. The van der Waals surface area contributed by atoms with Crippen LogP contribution < -0.4 is 5.32 Å². The first kappa shape index (κ1) is 24.4. The van der Waals surface area contributed by atoms with Crippen LogP contribution >= 0.6 is 0 Å². The van der Waals surface area contributed by atoms with Gasteiger partial charge in [-0.3, -0.25) is 0 Å². The van der Waals surface area contributed by atoms with Crippen LogP contribution in [0.25, 0.3) is 0 Å². The molecule has 2 unspecified atom stereocenters. The van der Waals surface area contributed by atoms with Crippen molar-refractivity contribution < 1.29 is 22.3 Å². The first-order chi connectivity index (χ1) is 17.4. The zero-order valence-electron chi connectivity index (χ0n) is 19.7. The van der Waals surface area contributed by atoms with Gasteiger partial charge in [0.15, 0.2) is 11.9 Å². The van der Waals surface area contributed by atoms with Crippen molar-refractivity contribution in [3.05, 3.63) is 96.1 Å². The molecule has 2 amide bonds. The molecular formula is C27H28FN3O4S. The minimum Gasteiger partial charge on any atom is -0.355 e. The molecule has 1 N–H and O–H groups in total. The summed E-state index contributed by atoms with van der Waals surface area (Å²) in [6.07, 6.45) is -0.920. The number of halogens is 1. The Bertz CT molecular complexity index is 1320. The Balaban J connectivity index is 1.26. The van der Waals surface area contributed by atoms with Crippen LogP contribution in [0.4, 0.5) is 14.9 Å². The fourth-order valence-corrected chi connectivity index (χ4v) is 6.65. The van der Waals surface area contributed by atoms with Gasteiger partial charge in [-0.15, -0.1) is 0 Å². The second-order valence-corrected chi connectivity index (χ2v) is 10.9. The number of amides is 2. The van der Waals surface area contributed by atoms with Crippen LogP contribution in [-0.4, -0.2) is 61.8 Å². The Hall–Kier alpha value is -3.27. The molecular weight excluding hydrogens is 481 g/mol. The molecule has 2 heterocycles. The normalized spacial score (nSPS) is 22.6. The van der Waals surface area contributed by atoms with Crippen molar-refractivity contribution in [3.63, 3.8) is 0 Å². The molecule has 2 fully saturated rings. The average Bonchev–Trinajstić information content (AvgIpc) is 3.33. The van der Waals surface area contributed by atoms with Crippen molar-refractivity contribution in [1.82, 2.24) is 9.21 Å². The lowest BCUT2D eigenvalue weighted by Crippen LogP contribution is -2.63. The van der Waals surface area contributed by atoms with Gasteiger partial charge in [0.2, 0.25) is 10.0 Å². The summed E-state index contributed by atoms with van der Waals surface area (Å²) in [4.78, 5) is 14.4. The molecule has 0 saturated carbocycles. The van der Waals surface area contributed by atoms with Crippen LogP contribution in [0.5, 0.6) is 0 Å². The van der Waals surface area contributed by atoms with Gasteiger partial charge in [0.05, 0.1) is 18.0 Å². The molecule has 2 aliphatic rings. The third-order valence-corrected chi connectivity index (χ3v) is 8.67. The van der Waals surface area contributed by atoms with Crippen molar-refractivity contribution in [2.45, 2.75) is 29.6 Å². The van der Waals surface area contributed by atoms with Crippen LogP contribution in [-0.2, 0) is 21.2 Å². The predicted molar refractivity (Wildman–Crippen MR) is 135 cm³/mol. The molecule has 0 bridgehead atoms. The number of nitrogens with zero attached hydrogens (tertiary/aromatic N) is 2. The summed E-state index contributed by atoms with van der Waals surface area (Å²) in [5.74, 6) is 0. The largest absolute Gasteiger partial charge is 0.355 e. The molecule has 0 aliphatic carbocycles. The predicted octanol–water partition coefficient (Wildman–Crippen LogP) is 4.27. The van der Waals surface area contributed by atoms with Gasteiger partial charge in [-0.2, -0.15) is 4.31 Å². The van der Waals surface area contributed by atoms with Gasteiger partial charge in [-0.1, -0.05) is 60.7 Å². The van der Waals surface area contributed by atoms with Crippen molar-refractivity contribution in [2.24, 2.45) is 0 Å². The van der Waals surface area contributed by atoms with E-state index >= 15 is 4.39 Å². The van der Waals surface area contributed by atoms with Crippen molar-refractivity contribution >= 4 is 21.7 Å². The highest BCUT2D eigenvalue weighted by Crippen LogP contribution is 2.40. The maximum Gasteiger partial charge on any atom is 0.321 e. The number of anilines is 1. The van der Waals surface area contributed by atoms with E-state index in [0.717, 1.165) is 21.9 Å². The number of carbonyl (C=O) groups is 1. The Kier molecular flexibility index (Phi) is 6.79. The number of hydrogen-bond donors (Lipinski definition) is 1. The van der Waals surface area contributed by atoms with Gasteiger partial charge in [0, 0.05) is 25.2 Å². The number of benzene rings is 3. The molecule has 2 atom stereocenters.